The molecule has 1 heterocycles. The summed E-state index contributed by atoms with van der Waals surface area (Å²) in [5, 5.41) is 12.0. The summed E-state index contributed by atoms with van der Waals surface area (Å²) in [5.74, 6) is 1.95. The first kappa shape index (κ1) is 24.5. The third-order valence-corrected chi connectivity index (χ3v) is 5.01. The van der Waals surface area contributed by atoms with Crippen LogP contribution in [0.3, 0.4) is 0 Å². The Balaban J connectivity index is 1.73. The average Bonchev–Trinajstić information content (AvgIpc) is 2.84. The van der Waals surface area contributed by atoms with E-state index in [-0.39, 0.29) is 11.5 Å². The number of terminal acetylenes is 1. The molecule has 0 saturated carbocycles. The van der Waals surface area contributed by atoms with E-state index in [4.69, 9.17) is 18.0 Å². The number of anilines is 2. The lowest BCUT2D eigenvalue weighted by atomic mass is 10.1. The maximum absolute atomic E-state index is 12.9. The van der Waals surface area contributed by atoms with Gasteiger partial charge < -0.3 is 15.6 Å². The highest BCUT2D eigenvalue weighted by Gasteiger charge is 2.16. The van der Waals surface area contributed by atoms with E-state index >= 15 is 0 Å². The van der Waals surface area contributed by atoms with Crippen LogP contribution in [0.4, 0.5) is 11.5 Å². The lowest BCUT2D eigenvalue weighted by Crippen LogP contribution is -2.18. The Bertz CT molecular complexity index is 1230. The zero-order valence-electron chi connectivity index (χ0n) is 18.9. The van der Waals surface area contributed by atoms with Gasteiger partial charge in [-0.3, -0.25) is 9.59 Å². The number of hydrogen-bond donors (Lipinski definition) is 2. The van der Waals surface area contributed by atoms with Gasteiger partial charge in [-0.15, -0.1) is 6.42 Å². The minimum absolute atomic E-state index is 0.200. The third-order valence-electron chi connectivity index (χ3n) is 4.77. The van der Waals surface area contributed by atoms with Crippen molar-refractivity contribution in [3.8, 4) is 12.3 Å². The second-order valence-electron chi connectivity index (χ2n) is 7.42. The van der Waals surface area contributed by atoms with Crippen molar-refractivity contribution in [2.24, 2.45) is 5.10 Å². The molecule has 0 atom stereocenters. The summed E-state index contributed by atoms with van der Waals surface area (Å²) in [6, 6.07) is 14.9. The molecule has 172 valence electrons. The number of hydrogen-bond acceptors (Lipinski definition) is 5. The first-order valence-corrected chi connectivity index (χ1v) is 11.0. The molecule has 2 N–H and O–H groups in total. The number of carbonyl (C=O) groups excluding carboxylic acids is 2. The van der Waals surface area contributed by atoms with Crippen LogP contribution < -0.4 is 10.6 Å². The summed E-state index contributed by atoms with van der Waals surface area (Å²) in [6.45, 7) is 2.95. The van der Waals surface area contributed by atoms with Gasteiger partial charge in [0.15, 0.2) is 0 Å². The van der Waals surface area contributed by atoms with Crippen LogP contribution in [-0.2, 0) is 0 Å². The molecule has 3 aromatic rings. The molecule has 2 aromatic carbocycles. The van der Waals surface area contributed by atoms with Gasteiger partial charge in [-0.25, -0.2) is 4.98 Å². The van der Waals surface area contributed by atoms with Crippen LogP contribution in [0.1, 0.15) is 45.2 Å². The molecular formula is C26H24ClN5O2. The first-order chi connectivity index (χ1) is 16.4. The largest absolute Gasteiger partial charge is 0.321 e. The number of nitrogens with zero attached hydrogens (tertiary/aromatic N) is 3. The predicted molar refractivity (Wildman–Crippen MR) is 136 cm³/mol. The monoisotopic (exact) mass is 473 g/mol. The van der Waals surface area contributed by atoms with Gasteiger partial charge >= 0.3 is 0 Å². The molecule has 2 amide bonds. The SMILES string of the molecule is C#Cc1ccc(NC(=O)c2cc(Cl)ccc2NC(=O)c2ccc(C=NN(C)CCC)cc2)nc1. The van der Waals surface area contributed by atoms with Crippen LogP contribution in [0.5, 0.6) is 0 Å². The van der Waals surface area contributed by atoms with Crippen LogP contribution in [0.25, 0.3) is 0 Å². The molecule has 0 aliphatic rings. The highest BCUT2D eigenvalue weighted by Crippen LogP contribution is 2.23. The Labute approximate surface area is 203 Å². The molecule has 3 rings (SSSR count). The van der Waals surface area contributed by atoms with Crippen molar-refractivity contribution >= 4 is 41.1 Å². The minimum Gasteiger partial charge on any atom is -0.321 e. The zero-order chi connectivity index (χ0) is 24.5. The molecular weight excluding hydrogens is 450 g/mol. The predicted octanol–water partition coefficient (Wildman–Crippen LogP) is 4.90. The van der Waals surface area contributed by atoms with Crippen molar-refractivity contribution in [2.45, 2.75) is 13.3 Å². The molecule has 0 radical (unpaired) electrons. The molecule has 0 fully saturated rings. The minimum atomic E-state index is -0.471. The second kappa shape index (κ2) is 11.6. The van der Waals surface area contributed by atoms with Crippen LogP contribution in [0.15, 0.2) is 65.9 Å². The Kier molecular flexibility index (Phi) is 8.38. The molecule has 0 saturated heterocycles. The number of aromatic nitrogens is 1. The van der Waals surface area contributed by atoms with Crippen LogP contribution in [0.2, 0.25) is 5.02 Å². The molecule has 0 unspecified atom stereocenters. The molecule has 0 aliphatic carbocycles. The van der Waals surface area contributed by atoms with Gasteiger partial charge in [-0.05, 0) is 54.4 Å². The fourth-order valence-electron chi connectivity index (χ4n) is 3.01. The Morgan fingerprint density at radius 2 is 1.88 bits per heavy atom. The Morgan fingerprint density at radius 3 is 2.53 bits per heavy atom. The van der Waals surface area contributed by atoms with E-state index in [2.05, 4.69) is 33.6 Å². The quantitative estimate of drug-likeness (QED) is 0.277. The summed E-state index contributed by atoms with van der Waals surface area (Å²) in [4.78, 5) is 29.8. The van der Waals surface area contributed by atoms with Crippen molar-refractivity contribution in [3.05, 3.63) is 88.1 Å². The van der Waals surface area contributed by atoms with Crippen molar-refractivity contribution in [2.75, 3.05) is 24.2 Å². The number of benzene rings is 2. The van der Waals surface area contributed by atoms with Gasteiger partial charge in [0.05, 0.1) is 17.5 Å². The molecule has 0 spiro atoms. The summed E-state index contributed by atoms with van der Waals surface area (Å²) < 4.78 is 0. The molecule has 0 bridgehead atoms. The van der Waals surface area contributed by atoms with Gasteiger partial charge in [-0.2, -0.15) is 5.10 Å². The number of rotatable bonds is 8. The number of carbonyl (C=O) groups is 2. The average molecular weight is 474 g/mol. The summed E-state index contributed by atoms with van der Waals surface area (Å²) in [5.41, 5.74) is 2.42. The highest BCUT2D eigenvalue weighted by atomic mass is 35.5. The lowest BCUT2D eigenvalue weighted by molar-refractivity contribution is 0.102. The smallest absolute Gasteiger partial charge is 0.258 e. The number of amides is 2. The van der Waals surface area contributed by atoms with E-state index in [0.29, 0.717) is 27.7 Å². The van der Waals surface area contributed by atoms with Crippen molar-refractivity contribution < 1.29 is 9.59 Å². The van der Waals surface area contributed by atoms with Gasteiger partial charge in [-0.1, -0.05) is 36.6 Å². The molecule has 34 heavy (non-hydrogen) atoms. The van der Waals surface area contributed by atoms with Gasteiger partial charge in [0.1, 0.15) is 5.82 Å². The van der Waals surface area contributed by atoms with Crippen molar-refractivity contribution in [1.29, 1.82) is 0 Å². The number of hydrazone groups is 1. The fraction of sp³-hybridized carbons (Fsp3) is 0.154. The number of halogens is 1. The maximum atomic E-state index is 12.9. The van der Waals surface area contributed by atoms with Crippen LogP contribution >= 0.6 is 11.6 Å². The summed E-state index contributed by atoms with van der Waals surface area (Å²) in [7, 11) is 1.91. The molecule has 0 aliphatic heterocycles. The van der Waals surface area contributed by atoms with E-state index in [9.17, 15) is 9.59 Å². The normalized spacial score (nSPS) is 10.5. The first-order valence-electron chi connectivity index (χ1n) is 10.6. The van der Waals surface area contributed by atoms with Gasteiger partial charge in [0, 0.05) is 35.9 Å². The number of nitrogens with one attached hydrogen (secondary N) is 2. The van der Waals surface area contributed by atoms with E-state index in [0.717, 1.165) is 18.5 Å². The zero-order valence-corrected chi connectivity index (χ0v) is 19.6. The Hall–Kier alpha value is -4.15. The summed E-state index contributed by atoms with van der Waals surface area (Å²) >= 11 is 6.10. The highest BCUT2D eigenvalue weighted by molar-refractivity contribution is 6.31. The van der Waals surface area contributed by atoms with E-state index in [1.54, 1.807) is 54.7 Å². The number of pyridine rings is 1. The van der Waals surface area contributed by atoms with Crippen LogP contribution in [-0.4, -0.2) is 41.6 Å². The maximum Gasteiger partial charge on any atom is 0.258 e. The Morgan fingerprint density at radius 1 is 1.12 bits per heavy atom. The van der Waals surface area contributed by atoms with Crippen molar-refractivity contribution in [3.63, 3.8) is 0 Å². The van der Waals surface area contributed by atoms with E-state index in [1.165, 1.54) is 12.3 Å². The fourth-order valence-corrected chi connectivity index (χ4v) is 3.18. The summed E-state index contributed by atoms with van der Waals surface area (Å²) in [6.07, 6.45) is 9.55. The molecule has 7 nitrogen and oxygen atoms in total. The molecule has 8 heteroatoms. The van der Waals surface area contributed by atoms with Crippen LogP contribution in [0, 0.1) is 12.3 Å². The van der Waals surface area contributed by atoms with Gasteiger partial charge in [0.2, 0.25) is 0 Å². The van der Waals surface area contributed by atoms with Crippen molar-refractivity contribution in [1.82, 2.24) is 9.99 Å². The van der Waals surface area contributed by atoms with Gasteiger partial charge in [0.25, 0.3) is 11.8 Å². The van der Waals surface area contributed by atoms with E-state index in [1.807, 2.05) is 12.1 Å². The lowest BCUT2D eigenvalue weighted by Gasteiger charge is -2.12. The standard InChI is InChI=1S/C26H24ClN5O2/c1-4-14-32(3)29-17-19-6-9-20(10-7-19)25(33)30-23-12-11-21(27)15-22(23)26(34)31-24-13-8-18(5-2)16-28-24/h2,6-13,15-17H,4,14H2,1,3H3,(H,30,33)(H,28,31,34). The second-order valence-corrected chi connectivity index (χ2v) is 7.86. The third kappa shape index (κ3) is 6.67. The van der Waals surface area contributed by atoms with E-state index < -0.39 is 5.91 Å². The topological polar surface area (TPSA) is 86.7 Å². The molecule has 1 aromatic heterocycles.